The van der Waals surface area contributed by atoms with Crippen LogP contribution in [0, 0.1) is 0 Å². The lowest BCUT2D eigenvalue weighted by molar-refractivity contribution is 0.361. The second-order valence-electron chi connectivity index (χ2n) is 2.98. The van der Waals surface area contributed by atoms with E-state index in [1.54, 1.807) is 12.5 Å². The van der Waals surface area contributed by atoms with Crippen LogP contribution in [-0.2, 0) is 0 Å². The second-order valence-corrected chi connectivity index (χ2v) is 8.14. The number of hydrogen-bond acceptors (Lipinski definition) is 3. The van der Waals surface area contributed by atoms with Gasteiger partial charge in [-0.25, -0.2) is 0 Å². The van der Waals surface area contributed by atoms with E-state index in [-0.39, 0.29) is 11.5 Å². The van der Waals surface area contributed by atoms with Crippen LogP contribution >= 0.6 is 19.9 Å². The van der Waals surface area contributed by atoms with E-state index in [4.69, 9.17) is 15.8 Å². The Balaban J connectivity index is 3.35. The van der Waals surface area contributed by atoms with Gasteiger partial charge in [0.15, 0.2) is 11.5 Å². The summed E-state index contributed by atoms with van der Waals surface area (Å²) in [4.78, 5) is 0.462. The van der Waals surface area contributed by atoms with E-state index >= 15 is 0 Å². The van der Waals surface area contributed by atoms with Gasteiger partial charge in [-0.3, -0.25) is 0 Å². The average molecular weight is 223 g/mol. The zero-order valence-electron chi connectivity index (χ0n) is 7.28. The first kappa shape index (κ1) is 10.3. The van der Waals surface area contributed by atoms with Crippen LogP contribution in [0.2, 0.25) is 0 Å². The highest BCUT2D eigenvalue weighted by atomic mass is 35.7. The van der Waals surface area contributed by atoms with E-state index in [0.717, 1.165) is 0 Å². The van der Waals surface area contributed by atoms with Crippen LogP contribution in [0.25, 0.3) is 0 Å². The van der Waals surface area contributed by atoms with Gasteiger partial charge in [-0.1, -0.05) is 10.7 Å². The quantitative estimate of drug-likeness (QED) is 0.640. The lowest BCUT2D eigenvalue weighted by Crippen LogP contribution is -1.88. The first-order valence-electron chi connectivity index (χ1n) is 3.51. The minimum absolute atomic E-state index is 0.338. The summed E-state index contributed by atoms with van der Waals surface area (Å²) in [6.45, 7) is 0. The third-order valence-corrected chi connectivity index (χ3v) is 3.49. The number of hydrogen-bond donors (Lipinski definition) is 3. The highest BCUT2D eigenvalue weighted by Crippen LogP contribution is 2.59. The fourth-order valence-corrected chi connectivity index (χ4v) is 2.26. The summed E-state index contributed by atoms with van der Waals surface area (Å²) in [7, 11) is 4.40. The first-order valence-corrected chi connectivity index (χ1v) is 6.78. The van der Waals surface area contributed by atoms with Gasteiger partial charge in [0.2, 0.25) is 5.75 Å². The van der Waals surface area contributed by atoms with Crippen LogP contribution in [0.3, 0.4) is 0 Å². The number of phenols is 3. The fraction of sp³-hybridized carbons (Fsp3) is 0.250. The van der Waals surface area contributed by atoms with Crippen LogP contribution in [-0.4, -0.2) is 27.8 Å². The van der Waals surface area contributed by atoms with E-state index in [9.17, 15) is 10.2 Å². The molecule has 1 aromatic rings. The molecule has 0 heterocycles. The van der Waals surface area contributed by atoms with Crippen molar-refractivity contribution in [2.45, 2.75) is 4.90 Å². The smallest absolute Gasteiger partial charge is 0.201 e. The van der Waals surface area contributed by atoms with Crippen molar-refractivity contribution in [2.24, 2.45) is 0 Å². The molecule has 74 valence electrons. The number of phenolic OH excluding ortho intramolecular Hbond substituents is 3. The summed E-state index contributed by atoms with van der Waals surface area (Å²) in [6.07, 6.45) is 3.53. The Morgan fingerprint density at radius 1 is 1.08 bits per heavy atom. The van der Waals surface area contributed by atoms with Crippen LogP contribution in [0.4, 0.5) is 0 Å². The molecule has 13 heavy (non-hydrogen) atoms. The van der Waals surface area contributed by atoms with Gasteiger partial charge in [-0.15, -0.1) is 9.24 Å². The molecule has 0 aliphatic heterocycles. The zero-order valence-corrected chi connectivity index (χ0v) is 8.85. The normalized spacial score (nSPS) is 12.8. The molecule has 1 aromatic carbocycles. The van der Waals surface area contributed by atoms with Crippen molar-refractivity contribution in [3.05, 3.63) is 12.1 Å². The molecule has 0 bridgehead atoms. The molecule has 0 unspecified atom stereocenters. The Hall–Kier alpha value is -0.740. The molecular formula is C8H11ClO3S. The molecule has 3 nitrogen and oxygen atoms in total. The summed E-state index contributed by atoms with van der Waals surface area (Å²) in [6, 6.07) is 2.81. The molecule has 0 spiro atoms. The summed E-state index contributed by atoms with van der Waals surface area (Å²) >= 11 is 0. The fourth-order valence-electron chi connectivity index (χ4n) is 0.942. The molecule has 0 aliphatic carbocycles. The van der Waals surface area contributed by atoms with E-state index in [1.807, 2.05) is 0 Å². The van der Waals surface area contributed by atoms with E-state index in [1.165, 1.54) is 12.1 Å². The van der Waals surface area contributed by atoms with Crippen molar-refractivity contribution in [1.29, 1.82) is 0 Å². The maximum absolute atomic E-state index is 9.44. The third-order valence-electron chi connectivity index (χ3n) is 1.62. The molecule has 0 atom stereocenters. The average Bonchev–Trinajstić information content (AvgIpc) is 1.98. The van der Waals surface area contributed by atoms with Gasteiger partial charge in [-0.05, 0) is 24.6 Å². The number of halogens is 1. The molecular weight excluding hydrogens is 212 g/mol. The van der Waals surface area contributed by atoms with Gasteiger partial charge in [0.05, 0.1) is 0 Å². The second kappa shape index (κ2) is 3.20. The molecule has 0 saturated heterocycles. The molecule has 0 radical (unpaired) electrons. The van der Waals surface area contributed by atoms with E-state index < -0.39 is 15.0 Å². The number of benzene rings is 1. The van der Waals surface area contributed by atoms with Gasteiger partial charge in [0, 0.05) is 4.90 Å². The van der Waals surface area contributed by atoms with Gasteiger partial charge in [0.25, 0.3) is 0 Å². The van der Waals surface area contributed by atoms with Crippen LogP contribution in [0.15, 0.2) is 17.0 Å². The molecule has 0 fully saturated rings. The Kier molecular flexibility index (Phi) is 2.54. The Labute approximate surface area is 82.4 Å². The standard InChI is InChI=1S/C8H11ClO3S/c1-13(2,9)6-4-3-5(10)7(11)8(6)12/h3-4,10-12H,1-2H3. The highest BCUT2D eigenvalue weighted by molar-refractivity contribution is 8.50. The predicted molar refractivity (Wildman–Crippen MR) is 55.0 cm³/mol. The Morgan fingerprint density at radius 3 is 2.08 bits per heavy atom. The molecule has 0 amide bonds. The summed E-state index contributed by atoms with van der Waals surface area (Å²) in [5, 5.41) is 27.7. The summed E-state index contributed by atoms with van der Waals surface area (Å²) in [5.41, 5.74) is 0. The van der Waals surface area contributed by atoms with Crippen molar-refractivity contribution < 1.29 is 15.3 Å². The SMILES string of the molecule is CS(C)(Cl)c1ccc(O)c(O)c1O. The van der Waals surface area contributed by atoms with Crippen LogP contribution in [0.5, 0.6) is 17.2 Å². The van der Waals surface area contributed by atoms with Gasteiger partial charge in [-0.2, -0.15) is 0 Å². The van der Waals surface area contributed by atoms with Gasteiger partial charge in [0.1, 0.15) is 0 Å². The van der Waals surface area contributed by atoms with Crippen LogP contribution < -0.4 is 0 Å². The van der Waals surface area contributed by atoms with Crippen LogP contribution in [0.1, 0.15) is 0 Å². The minimum Gasteiger partial charge on any atom is -0.504 e. The molecule has 0 aromatic heterocycles. The highest BCUT2D eigenvalue weighted by Gasteiger charge is 2.19. The first-order chi connectivity index (χ1) is 5.84. The van der Waals surface area contributed by atoms with Crippen molar-refractivity contribution in [3.63, 3.8) is 0 Å². The maximum atomic E-state index is 9.44. The van der Waals surface area contributed by atoms with Crippen molar-refractivity contribution in [1.82, 2.24) is 0 Å². The molecule has 3 N–H and O–H groups in total. The van der Waals surface area contributed by atoms with Gasteiger partial charge >= 0.3 is 0 Å². The predicted octanol–water partition coefficient (Wildman–Crippen LogP) is 2.38. The number of rotatable bonds is 1. The summed E-state index contributed by atoms with van der Waals surface area (Å²) < 4.78 is 0. The molecule has 5 heteroatoms. The Morgan fingerprint density at radius 2 is 1.62 bits per heavy atom. The molecule has 1 rings (SSSR count). The minimum atomic E-state index is -1.62. The largest absolute Gasteiger partial charge is 0.504 e. The third kappa shape index (κ3) is 1.95. The number of aromatic hydroxyl groups is 3. The molecule has 0 saturated carbocycles. The van der Waals surface area contributed by atoms with Crippen molar-refractivity contribution in [3.8, 4) is 17.2 Å². The van der Waals surface area contributed by atoms with E-state index in [2.05, 4.69) is 0 Å². The maximum Gasteiger partial charge on any atom is 0.201 e. The lowest BCUT2D eigenvalue weighted by Gasteiger charge is -2.23. The van der Waals surface area contributed by atoms with Gasteiger partial charge < -0.3 is 15.3 Å². The topological polar surface area (TPSA) is 60.7 Å². The van der Waals surface area contributed by atoms with Crippen molar-refractivity contribution >= 4 is 19.9 Å². The summed E-state index contributed by atoms with van der Waals surface area (Å²) in [5.74, 6) is -1.20. The lowest BCUT2D eigenvalue weighted by atomic mass is 10.3. The van der Waals surface area contributed by atoms with E-state index in [0.29, 0.717) is 4.90 Å². The van der Waals surface area contributed by atoms with Crippen molar-refractivity contribution in [2.75, 3.05) is 12.5 Å². The monoisotopic (exact) mass is 222 g/mol. The Bertz CT molecular complexity index is 333. The molecule has 0 aliphatic rings. The zero-order chi connectivity index (χ0) is 10.2.